The van der Waals surface area contributed by atoms with Gasteiger partial charge in [0, 0.05) is 25.2 Å². The number of benzene rings is 1. The quantitative estimate of drug-likeness (QED) is 0.799. The summed E-state index contributed by atoms with van der Waals surface area (Å²) in [5, 5.41) is 6.67. The van der Waals surface area contributed by atoms with Gasteiger partial charge in [0.1, 0.15) is 5.76 Å². The van der Waals surface area contributed by atoms with Crippen LogP contribution in [0.3, 0.4) is 0 Å². The highest BCUT2D eigenvalue weighted by Gasteiger charge is 2.11. The molecule has 3 aromatic rings. The molecular weight excluding hydrogens is 296 g/mol. The average molecular weight is 312 g/mol. The first-order valence-corrected chi connectivity index (χ1v) is 7.07. The van der Waals surface area contributed by atoms with Crippen molar-refractivity contribution in [3.05, 3.63) is 54.3 Å². The molecule has 7 nitrogen and oxygen atoms in total. The molecule has 0 aliphatic carbocycles. The molecule has 23 heavy (non-hydrogen) atoms. The average Bonchev–Trinajstić information content (AvgIpc) is 3.19. The Morgan fingerprint density at radius 3 is 2.65 bits per heavy atom. The van der Waals surface area contributed by atoms with E-state index in [9.17, 15) is 4.79 Å². The van der Waals surface area contributed by atoms with E-state index in [1.54, 1.807) is 38.4 Å². The van der Waals surface area contributed by atoms with E-state index in [-0.39, 0.29) is 6.03 Å². The largest absolute Gasteiger partial charge is 0.467 e. The number of nitrogens with one attached hydrogen (secondary N) is 1. The number of furan rings is 1. The van der Waals surface area contributed by atoms with E-state index in [4.69, 9.17) is 8.94 Å². The van der Waals surface area contributed by atoms with Crippen LogP contribution in [0.25, 0.3) is 11.4 Å². The van der Waals surface area contributed by atoms with E-state index < -0.39 is 0 Å². The first-order chi connectivity index (χ1) is 11.1. The van der Waals surface area contributed by atoms with E-state index in [1.807, 2.05) is 18.2 Å². The molecule has 0 bridgehead atoms. The first kappa shape index (κ1) is 14.8. The number of aryl methyl sites for hydroxylation is 1. The van der Waals surface area contributed by atoms with Crippen molar-refractivity contribution in [2.45, 2.75) is 13.5 Å². The van der Waals surface area contributed by atoms with Gasteiger partial charge in [-0.05, 0) is 36.4 Å². The third-order valence-corrected chi connectivity index (χ3v) is 3.24. The smallest absolute Gasteiger partial charge is 0.321 e. The predicted molar refractivity (Wildman–Crippen MR) is 83.7 cm³/mol. The van der Waals surface area contributed by atoms with Crippen LogP contribution in [-0.2, 0) is 6.54 Å². The minimum atomic E-state index is -0.218. The van der Waals surface area contributed by atoms with Gasteiger partial charge in [-0.15, -0.1) is 0 Å². The first-order valence-electron chi connectivity index (χ1n) is 7.07. The number of amides is 2. The van der Waals surface area contributed by atoms with Crippen LogP contribution < -0.4 is 5.32 Å². The molecule has 1 aromatic carbocycles. The molecular formula is C16H16N4O3. The van der Waals surface area contributed by atoms with Crippen molar-refractivity contribution >= 4 is 11.7 Å². The summed E-state index contributed by atoms with van der Waals surface area (Å²) >= 11 is 0. The van der Waals surface area contributed by atoms with Crippen molar-refractivity contribution in [1.29, 1.82) is 0 Å². The van der Waals surface area contributed by atoms with Crippen molar-refractivity contribution in [2.24, 2.45) is 0 Å². The lowest BCUT2D eigenvalue weighted by Gasteiger charge is -2.16. The molecule has 0 atom stereocenters. The van der Waals surface area contributed by atoms with E-state index in [0.29, 0.717) is 23.9 Å². The Kier molecular flexibility index (Phi) is 4.09. The van der Waals surface area contributed by atoms with Gasteiger partial charge >= 0.3 is 6.03 Å². The fraction of sp³-hybridized carbons (Fsp3) is 0.188. The lowest BCUT2D eigenvalue weighted by atomic mass is 10.2. The molecule has 2 amide bonds. The molecule has 0 aliphatic heterocycles. The highest BCUT2D eigenvalue weighted by atomic mass is 16.5. The normalized spacial score (nSPS) is 10.5. The number of hydrogen-bond acceptors (Lipinski definition) is 5. The summed E-state index contributed by atoms with van der Waals surface area (Å²) in [5.41, 5.74) is 1.51. The Bertz CT molecular complexity index is 778. The van der Waals surface area contributed by atoms with Gasteiger partial charge in [0.25, 0.3) is 0 Å². The number of nitrogens with zero attached hydrogens (tertiary/aromatic N) is 3. The Labute approximate surface area is 132 Å². The van der Waals surface area contributed by atoms with Gasteiger partial charge < -0.3 is 19.2 Å². The maximum atomic E-state index is 12.1. The summed E-state index contributed by atoms with van der Waals surface area (Å²) in [4.78, 5) is 17.8. The van der Waals surface area contributed by atoms with Crippen molar-refractivity contribution in [1.82, 2.24) is 15.0 Å². The minimum Gasteiger partial charge on any atom is -0.467 e. The number of anilines is 1. The third kappa shape index (κ3) is 3.57. The molecule has 118 valence electrons. The van der Waals surface area contributed by atoms with Crippen LogP contribution >= 0.6 is 0 Å². The number of rotatable bonds is 4. The SMILES string of the molecule is Cc1nc(-c2ccc(NC(=O)N(C)Cc3ccco3)cc2)no1. The standard InChI is InChI=1S/C16H16N4O3/c1-11-17-15(19-23-11)12-5-7-13(8-6-12)18-16(21)20(2)10-14-4-3-9-22-14/h3-9H,10H2,1-2H3,(H,18,21). The molecule has 2 heterocycles. The molecule has 0 saturated carbocycles. The Morgan fingerprint density at radius 1 is 1.26 bits per heavy atom. The number of urea groups is 1. The zero-order valence-electron chi connectivity index (χ0n) is 12.8. The molecule has 3 rings (SSSR count). The molecule has 0 fully saturated rings. The Hall–Kier alpha value is -3.09. The predicted octanol–water partition coefficient (Wildman–Crippen LogP) is 3.30. The summed E-state index contributed by atoms with van der Waals surface area (Å²) in [7, 11) is 1.70. The second kappa shape index (κ2) is 6.35. The van der Waals surface area contributed by atoms with Crippen LogP contribution in [0.2, 0.25) is 0 Å². The van der Waals surface area contributed by atoms with E-state index in [2.05, 4.69) is 15.5 Å². The highest BCUT2D eigenvalue weighted by Crippen LogP contribution is 2.19. The Morgan fingerprint density at radius 2 is 2.04 bits per heavy atom. The lowest BCUT2D eigenvalue weighted by Crippen LogP contribution is -2.30. The monoisotopic (exact) mass is 312 g/mol. The molecule has 0 unspecified atom stereocenters. The van der Waals surface area contributed by atoms with Gasteiger partial charge in [0.2, 0.25) is 11.7 Å². The van der Waals surface area contributed by atoms with Crippen LogP contribution in [0.1, 0.15) is 11.7 Å². The summed E-state index contributed by atoms with van der Waals surface area (Å²) in [6.45, 7) is 2.14. The van der Waals surface area contributed by atoms with E-state index >= 15 is 0 Å². The van der Waals surface area contributed by atoms with Gasteiger partial charge in [-0.25, -0.2) is 4.79 Å². The molecule has 0 aliphatic rings. The zero-order valence-corrected chi connectivity index (χ0v) is 12.8. The van der Waals surface area contributed by atoms with Gasteiger partial charge in [-0.3, -0.25) is 0 Å². The zero-order chi connectivity index (χ0) is 16.2. The van der Waals surface area contributed by atoms with Crippen molar-refractivity contribution in [3.63, 3.8) is 0 Å². The highest BCUT2D eigenvalue weighted by molar-refractivity contribution is 5.89. The number of aromatic nitrogens is 2. The second-order valence-electron chi connectivity index (χ2n) is 5.08. The van der Waals surface area contributed by atoms with E-state index in [0.717, 1.165) is 11.3 Å². The van der Waals surface area contributed by atoms with Crippen molar-refractivity contribution in [2.75, 3.05) is 12.4 Å². The molecule has 0 radical (unpaired) electrons. The van der Waals surface area contributed by atoms with E-state index in [1.165, 1.54) is 4.90 Å². The molecule has 0 saturated heterocycles. The van der Waals surface area contributed by atoms with Gasteiger partial charge in [0.15, 0.2) is 0 Å². The Balaban J connectivity index is 1.62. The van der Waals surface area contributed by atoms with Gasteiger partial charge in [0.05, 0.1) is 12.8 Å². The lowest BCUT2D eigenvalue weighted by molar-refractivity contribution is 0.217. The maximum absolute atomic E-state index is 12.1. The van der Waals surface area contributed by atoms with Gasteiger partial charge in [-0.2, -0.15) is 4.98 Å². The number of carbonyl (C=O) groups excluding carboxylic acids is 1. The molecule has 2 aromatic heterocycles. The van der Waals surface area contributed by atoms with Crippen molar-refractivity contribution < 1.29 is 13.7 Å². The summed E-state index contributed by atoms with van der Waals surface area (Å²) in [6, 6.07) is 10.6. The minimum absolute atomic E-state index is 0.218. The second-order valence-corrected chi connectivity index (χ2v) is 5.08. The fourth-order valence-corrected chi connectivity index (χ4v) is 2.05. The van der Waals surface area contributed by atoms with Crippen LogP contribution in [0, 0.1) is 6.92 Å². The van der Waals surface area contributed by atoms with Crippen LogP contribution in [0.4, 0.5) is 10.5 Å². The third-order valence-electron chi connectivity index (χ3n) is 3.24. The number of carbonyl (C=O) groups is 1. The summed E-state index contributed by atoms with van der Waals surface area (Å²) in [5.74, 6) is 1.76. The van der Waals surface area contributed by atoms with Crippen LogP contribution in [-0.4, -0.2) is 28.1 Å². The molecule has 7 heteroatoms. The van der Waals surface area contributed by atoms with Crippen LogP contribution in [0.5, 0.6) is 0 Å². The van der Waals surface area contributed by atoms with Gasteiger partial charge in [-0.1, -0.05) is 5.16 Å². The summed E-state index contributed by atoms with van der Waals surface area (Å²) < 4.78 is 10.2. The molecule has 1 N–H and O–H groups in total. The summed E-state index contributed by atoms with van der Waals surface area (Å²) in [6.07, 6.45) is 1.58. The molecule has 0 spiro atoms. The fourth-order valence-electron chi connectivity index (χ4n) is 2.05. The van der Waals surface area contributed by atoms with Crippen molar-refractivity contribution in [3.8, 4) is 11.4 Å². The number of hydrogen-bond donors (Lipinski definition) is 1. The maximum Gasteiger partial charge on any atom is 0.321 e. The van der Waals surface area contributed by atoms with Crippen LogP contribution in [0.15, 0.2) is 51.6 Å². The topological polar surface area (TPSA) is 84.4 Å².